The van der Waals surface area contributed by atoms with Gasteiger partial charge in [-0.05, 0) is 42.6 Å². The minimum Gasteiger partial charge on any atom is -0.496 e. The molecule has 0 aromatic heterocycles. The number of carbonyl (C=O) groups is 2. The van der Waals surface area contributed by atoms with Gasteiger partial charge in [0.2, 0.25) is 0 Å². The summed E-state index contributed by atoms with van der Waals surface area (Å²) < 4.78 is 23.7. The summed E-state index contributed by atoms with van der Waals surface area (Å²) in [5.74, 6) is -1.12. The van der Waals surface area contributed by atoms with Crippen LogP contribution in [0.1, 0.15) is 17.3 Å². The van der Waals surface area contributed by atoms with E-state index in [2.05, 4.69) is 5.32 Å². The zero-order valence-corrected chi connectivity index (χ0v) is 15.9. The van der Waals surface area contributed by atoms with E-state index in [-0.39, 0.29) is 10.7 Å². The highest BCUT2D eigenvalue weighted by Gasteiger charge is 2.21. The number of hydrogen-bond donors (Lipinski definition) is 1. The minimum atomic E-state index is -1.09. The monoisotopic (exact) mass is 401 g/mol. The first-order valence-electron chi connectivity index (χ1n) is 8.43. The second-order valence-electron chi connectivity index (χ2n) is 6.02. The van der Waals surface area contributed by atoms with E-state index in [0.29, 0.717) is 16.7 Å². The van der Waals surface area contributed by atoms with Crippen molar-refractivity contribution < 1.29 is 23.5 Å². The van der Waals surface area contributed by atoms with Crippen LogP contribution in [-0.2, 0) is 9.53 Å². The second kappa shape index (κ2) is 8.27. The van der Waals surface area contributed by atoms with Crippen molar-refractivity contribution in [2.24, 2.45) is 0 Å². The normalized spacial score (nSPS) is 11.7. The van der Waals surface area contributed by atoms with Crippen LogP contribution < -0.4 is 10.1 Å². The van der Waals surface area contributed by atoms with Gasteiger partial charge < -0.3 is 14.8 Å². The van der Waals surface area contributed by atoms with E-state index in [4.69, 9.17) is 21.1 Å². The number of hydrogen-bond acceptors (Lipinski definition) is 4. The van der Waals surface area contributed by atoms with Crippen LogP contribution in [0.2, 0.25) is 5.02 Å². The van der Waals surface area contributed by atoms with Crippen molar-refractivity contribution in [1.29, 1.82) is 0 Å². The number of benzene rings is 3. The summed E-state index contributed by atoms with van der Waals surface area (Å²) in [6, 6.07) is 14.1. The number of rotatable bonds is 5. The molecule has 0 saturated heterocycles. The minimum absolute atomic E-state index is 0.0491. The van der Waals surface area contributed by atoms with Crippen LogP contribution in [0.15, 0.2) is 54.6 Å². The zero-order chi connectivity index (χ0) is 20.3. The Morgan fingerprint density at radius 3 is 2.46 bits per heavy atom. The predicted octanol–water partition coefficient (Wildman–Crippen LogP) is 4.82. The van der Waals surface area contributed by atoms with Crippen LogP contribution in [0, 0.1) is 5.82 Å². The highest BCUT2D eigenvalue weighted by atomic mass is 35.5. The topological polar surface area (TPSA) is 64.6 Å². The summed E-state index contributed by atoms with van der Waals surface area (Å²) in [6.07, 6.45) is -1.09. The van der Waals surface area contributed by atoms with Crippen LogP contribution in [0.3, 0.4) is 0 Å². The van der Waals surface area contributed by atoms with Crippen molar-refractivity contribution in [2.75, 3.05) is 12.4 Å². The number of amides is 1. The van der Waals surface area contributed by atoms with Gasteiger partial charge in [-0.3, -0.25) is 4.79 Å². The molecule has 0 unspecified atom stereocenters. The lowest BCUT2D eigenvalue weighted by atomic mass is 10.0. The molecule has 0 heterocycles. The van der Waals surface area contributed by atoms with Gasteiger partial charge in [0.15, 0.2) is 6.10 Å². The first kappa shape index (κ1) is 19.6. The van der Waals surface area contributed by atoms with Crippen molar-refractivity contribution in [1.82, 2.24) is 0 Å². The van der Waals surface area contributed by atoms with Gasteiger partial charge in [0.05, 0.1) is 23.4 Å². The van der Waals surface area contributed by atoms with Gasteiger partial charge in [0, 0.05) is 5.39 Å². The lowest BCUT2D eigenvalue weighted by Gasteiger charge is -2.15. The summed E-state index contributed by atoms with van der Waals surface area (Å²) in [5.41, 5.74) is 0.543. The first-order chi connectivity index (χ1) is 13.4. The Morgan fingerprint density at radius 2 is 1.79 bits per heavy atom. The molecule has 5 nitrogen and oxygen atoms in total. The molecule has 0 bridgehead atoms. The van der Waals surface area contributed by atoms with Gasteiger partial charge in [-0.2, -0.15) is 0 Å². The molecule has 3 rings (SSSR count). The molecular formula is C21H17ClFNO4. The van der Waals surface area contributed by atoms with E-state index in [1.54, 1.807) is 31.4 Å². The summed E-state index contributed by atoms with van der Waals surface area (Å²) in [5, 5.41) is 3.98. The van der Waals surface area contributed by atoms with Crippen LogP contribution in [0.5, 0.6) is 5.75 Å². The van der Waals surface area contributed by atoms with Crippen LogP contribution in [0.25, 0.3) is 10.8 Å². The van der Waals surface area contributed by atoms with Crippen LogP contribution in [0.4, 0.5) is 10.1 Å². The van der Waals surface area contributed by atoms with Crippen molar-refractivity contribution >= 4 is 39.9 Å². The smallest absolute Gasteiger partial charge is 0.339 e. The van der Waals surface area contributed by atoms with E-state index < -0.39 is 23.8 Å². The average Bonchev–Trinajstić information content (AvgIpc) is 2.69. The summed E-state index contributed by atoms with van der Waals surface area (Å²) >= 11 is 5.90. The van der Waals surface area contributed by atoms with Crippen LogP contribution >= 0.6 is 11.6 Å². The van der Waals surface area contributed by atoms with E-state index in [9.17, 15) is 14.0 Å². The Balaban J connectivity index is 1.77. The Hall–Kier alpha value is -3.12. The largest absolute Gasteiger partial charge is 0.496 e. The third-order valence-electron chi connectivity index (χ3n) is 4.17. The van der Waals surface area contributed by atoms with Gasteiger partial charge in [0.1, 0.15) is 11.6 Å². The fraction of sp³-hybridized carbons (Fsp3) is 0.143. The summed E-state index contributed by atoms with van der Waals surface area (Å²) in [6.45, 7) is 1.44. The number of fused-ring (bicyclic) bond motifs is 1. The molecule has 1 atom stereocenters. The Kier molecular flexibility index (Phi) is 5.80. The third-order valence-corrected chi connectivity index (χ3v) is 4.48. The van der Waals surface area contributed by atoms with Gasteiger partial charge in [-0.1, -0.05) is 35.9 Å². The maximum atomic E-state index is 13.1. The van der Waals surface area contributed by atoms with E-state index in [1.165, 1.54) is 19.1 Å². The molecule has 144 valence electrons. The summed E-state index contributed by atoms with van der Waals surface area (Å²) in [4.78, 5) is 24.9. The predicted molar refractivity (Wildman–Crippen MR) is 105 cm³/mol. The highest BCUT2D eigenvalue weighted by Crippen LogP contribution is 2.29. The van der Waals surface area contributed by atoms with E-state index in [1.807, 2.05) is 12.1 Å². The molecular weight excluding hydrogens is 385 g/mol. The third kappa shape index (κ3) is 4.07. The fourth-order valence-corrected chi connectivity index (χ4v) is 2.94. The molecule has 3 aromatic rings. The lowest BCUT2D eigenvalue weighted by Crippen LogP contribution is -2.30. The van der Waals surface area contributed by atoms with Crippen LogP contribution in [-0.4, -0.2) is 25.1 Å². The van der Waals surface area contributed by atoms with Crippen molar-refractivity contribution in [3.05, 3.63) is 71.0 Å². The first-order valence-corrected chi connectivity index (χ1v) is 8.81. The van der Waals surface area contributed by atoms with E-state index >= 15 is 0 Å². The van der Waals surface area contributed by atoms with Gasteiger partial charge in [0.25, 0.3) is 5.91 Å². The number of halogens is 2. The molecule has 28 heavy (non-hydrogen) atoms. The molecule has 0 aliphatic carbocycles. The number of ether oxygens (including phenoxy) is 2. The maximum Gasteiger partial charge on any atom is 0.339 e. The highest BCUT2D eigenvalue weighted by molar-refractivity contribution is 6.33. The molecule has 7 heteroatoms. The number of nitrogens with one attached hydrogen (secondary N) is 1. The van der Waals surface area contributed by atoms with Crippen molar-refractivity contribution in [3.63, 3.8) is 0 Å². The SMILES string of the molecule is COc1ccc(C(=O)O[C@@H](C)C(=O)Nc2ccc(F)cc2Cl)c2ccccc12. The van der Waals surface area contributed by atoms with Gasteiger partial charge in [-0.15, -0.1) is 0 Å². The molecule has 0 aliphatic rings. The Bertz CT molecular complexity index is 1050. The Morgan fingerprint density at radius 1 is 1.07 bits per heavy atom. The molecule has 3 aromatic carbocycles. The maximum absolute atomic E-state index is 13.1. The average molecular weight is 402 g/mol. The standard InChI is InChI=1S/C21H17ClFNO4/c1-12(20(25)24-18-9-7-13(23)11-17(18)22)28-21(26)16-8-10-19(27-2)15-6-4-3-5-14(15)16/h3-12H,1-2H3,(H,24,25)/t12-/m0/s1. The fourth-order valence-electron chi connectivity index (χ4n) is 2.73. The second-order valence-corrected chi connectivity index (χ2v) is 6.43. The van der Waals surface area contributed by atoms with Crippen molar-refractivity contribution in [2.45, 2.75) is 13.0 Å². The zero-order valence-electron chi connectivity index (χ0n) is 15.2. The van der Waals surface area contributed by atoms with Crippen molar-refractivity contribution in [3.8, 4) is 5.75 Å². The molecule has 0 radical (unpaired) electrons. The van der Waals surface area contributed by atoms with Gasteiger partial charge >= 0.3 is 5.97 Å². The summed E-state index contributed by atoms with van der Waals surface area (Å²) in [7, 11) is 1.55. The molecule has 0 fully saturated rings. The number of esters is 1. The number of methoxy groups -OCH3 is 1. The van der Waals surface area contributed by atoms with Gasteiger partial charge in [-0.25, -0.2) is 9.18 Å². The molecule has 1 amide bonds. The van der Waals surface area contributed by atoms with E-state index in [0.717, 1.165) is 11.5 Å². The quantitative estimate of drug-likeness (QED) is 0.622. The number of anilines is 1. The molecule has 1 N–H and O–H groups in total. The molecule has 0 spiro atoms. The lowest BCUT2D eigenvalue weighted by molar-refractivity contribution is -0.123. The molecule has 0 saturated carbocycles. The Labute approximate surface area is 166 Å². The molecule has 0 aliphatic heterocycles. The number of carbonyl (C=O) groups excluding carboxylic acids is 2.